The molecule has 3 N–H and O–H groups in total. The highest BCUT2D eigenvalue weighted by molar-refractivity contribution is 6.35. The molecule has 106 valence electrons. The van der Waals surface area contributed by atoms with Gasteiger partial charge in [0.1, 0.15) is 0 Å². The van der Waals surface area contributed by atoms with E-state index in [1.807, 2.05) is 12.1 Å². The number of aromatic nitrogens is 2. The molecule has 0 saturated carbocycles. The number of anilines is 1. The van der Waals surface area contributed by atoms with Gasteiger partial charge in [0.05, 0.1) is 17.1 Å². The first-order valence-corrected chi connectivity index (χ1v) is 6.90. The van der Waals surface area contributed by atoms with Crippen LogP contribution in [0.5, 0.6) is 0 Å². The van der Waals surface area contributed by atoms with Crippen LogP contribution in [0.2, 0.25) is 5.02 Å². The third-order valence-electron chi connectivity index (χ3n) is 2.98. The van der Waals surface area contributed by atoms with Crippen molar-refractivity contribution in [2.75, 3.05) is 12.3 Å². The lowest BCUT2D eigenvalue weighted by atomic mass is 10.1. The third-order valence-corrected chi connectivity index (χ3v) is 3.28. The van der Waals surface area contributed by atoms with Crippen molar-refractivity contribution < 1.29 is 5.11 Å². The molecule has 5 nitrogen and oxygen atoms in total. The van der Waals surface area contributed by atoms with Crippen LogP contribution in [-0.2, 0) is 0 Å². The second-order valence-corrected chi connectivity index (χ2v) is 4.96. The molecule has 1 aromatic carbocycles. The molecule has 0 aliphatic rings. The first-order chi connectivity index (χ1) is 9.65. The molecule has 0 saturated heterocycles. The summed E-state index contributed by atoms with van der Waals surface area (Å²) < 4.78 is 0. The lowest BCUT2D eigenvalue weighted by molar-refractivity contribution is 0.257. The molecular weight excluding hydrogens is 276 g/mol. The van der Waals surface area contributed by atoms with Crippen molar-refractivity contribution in [3.63, 3.8) is 0 Å². The van der Waals surface area contributed by atoms with E-state index in [0.29, 0.717) is 16.4 Å². The zero-order valence-corrected chi connectivity index (χ0v) is 12.0. The molecule has 6 heteroatoms. The first-order valence-electron chi connectivity index (χ1n) is 6.52. The fourth-order valence-electron chi connectivity index (χ4n) is 1.98. The minimum Gasteiger partial charge on any atom is -0.396 e. The summed E-state index contributed by atoms with van der Waals surface area (Å²) >= 11 is 6.10. The van der Waals surface area contributed by atoms with E-state index in [1.165, 1.54) is 0 Å². The van der Waals surface area contributed by atoms with Gasteiger partial charge in [-0.15, -0.1) is 0 Å². The highest BCUT2D eigenvalue weighted by Crippen LogP contribution is 2.28. The Hall–Kier alpha value is -1.72. The maximum atomic E-state index is 9.28. The van der Waals surface area contributed by atoms with E-state index in [4.69, 9.17) is 17.3 Å². The summed E-state index contributed by atoms with van der Waals surface area (Å²) in [7, 11) is 0. The molecule has 1 aromatic heterocycles. The molecule has 0 fully saturated rings. The second kappa shape index (κ2) is 6.63. The Labute approximate surface area is 122 Å². The van der Waals surface area contributed by atoms with Gasteiger partial charge < -0.3 is 10.8 Å². The molecule has 2 rings (SSSR count). The number of nitrogens with zero attached hydrogens (tertiary/aromatic N) is 3. The van der Waals surface area contributed by atoms with Crippen molar-refractivity contribution in [3.8, 4) is 0 Å². The topological polar surface area (TPSA) is 84.4 Å². The lowest BCUT2D eigenvalue weighted by Crippen LogP contribution is -2.06. The van der Waals surface area contributed by atoms with Crippen LogP contribution < -0.4 is 5.73 Å². The Balaban J connectivity index is 2.43. The number of benzene rings is 1. The summed E-state index contributed by atoms with van der Waals surface area (Å²) in [6.07, 6.45) is 3.57. The number of aliphatic hydroxyl groups is 1. The van der Waals surface area contributed by atoms with Crippen molar-refractivity contribution >= 4 is 40.5 Å². The quantitative estimate of drug-likeness (QED) is 0.830. The fraction of sp³-hybridized carbons (Fsp3) is 0.357. The fourth-order valence-corrected chi connectivity index (χ4v) is 2.19. The molecule has 2 aromatic rings. The van der Waals surface area contributed by atoms with Crippen LogP contribution in [-0.4, -0.2) is 27.9 Å². The van der Waals surface area contributed by atoms with E-state index >= 15 is 0 Å². The lowest BCUT2D eigenvalue weighted by Gasteiger charge is -2.07. The summed E-state index contributed by atoms with van der Waals surface area (Å²) in [5.74, 6) is 0.628. The van der Waals surface area contributed by atoms with Gasteiger partial charge in [0.25, 0.3) is 0 Å². The number of aliphatic hydroxyl groups excluding tert-OH is 1. The van der Waals surface area contributed by atoms with Crippen LogP contribution in [0.3, 0.4) is 0 Å². The van der Waals surface area contributed by atoms with Crippen molar-refractivity contribution in [2.24, 2.45) is 10.9 Å². The highest BCUT2D eigenvalue weighted by atomic mass is 35.5. The van der Waals surface area contributed by atoms with Crippen molar-refractivity contribution in [1.29, 1.82) is 0 Å². The zero-order valence-electron chi connectivity index (χ0n) is 11.3. The first kappa shape index (κ1) is 14.7. The van der Waals surface area contributed by atoms with Crippen LogP contribution in [0.1, 0.15) is 19.8 Å². The van der Waals surface area contributed by atoms with Gasteiger partial charge in [0, 0.05) is 17.5 Å². The standard InChI is InChI=1S/C14H17ClN4O/c1-2-4-9(8-20)7-17-13-10-5-3-6-11(15)12(10)18-14(16)19-13/h3,5-7,9,20H,2,4,8H2,1H3,(H2,16,18,19)/b17-7-/t9-/m1/s1. The van der Waals surface area contributed by atoms with Gasteiger partial charge in [0.15, 0.2) is 5.82 Å². The van der Waals surface area contributed by atoms with E-state index < -0.39 is 0 Å². The number of para-hydroxylation sites is 1. The van der Waals surface area contributed by atoms with Gasteiger partial charge in [-0.3, -0.25) is 0 Å². The number of fused-ring (bicyclic) bond motifs is 1. The normalized spacial score (nSPS) is 13.2. The average Bonchev–Trinajstić information content (AvgIpc) is 2.44. The van der Waals surface area contributed by atoms with E-state index in [1.54, 1.807) is 12.3 Å². The molecule has 0 aliphatic heterocycles. The summed E-state index contributed by atoms with van der Waals surface area (Å²) in [5, 5.41) is 10.5. The van der Waals surface area contributed by atoms with Crippen LogP contribution >= 0.6 is 11.6 Å². The number of hydrogen-bond donors (Lipinski definition) is 2. The summed E-state index contributed by atoms with van der Waals surface area (Å²) in [6, 6.07) is 5.41. The van der Waals surface area contributed by atoms with Gasteiger partial charge in [-0.2, -0.15) is 4.98 Å². The molecule has 0 bridgehead atoms. The number of nitrogen functional groups attached to an aromatic ring is 1. The Morgan fingerprint density at radius 3 is 2.95 bits per heavy atom. The Kier molecular flexibility index (Phi) is 4.87. The van der Waals surface area contributed by atoms with E-state index in [-0.39, 0.29) is 18.5 Å². The van der Waals surface area contributed by atoms with Crippen LogP contribution in [0, 0.1) is 5.92 Å². The number of halogens is 1. The summed E-state index contributed by atoms with van der Waals surface area (Å²) in [6.45, 7) is 2.13. The van der Waals surface area contributed by atoms with Crippen LogP contribution in [0.4, 0.5) is 11.8 Å². The van der Waals surface area contributed by atoms with Gasteiger partial charge >= 0.3 is 0 Å². The molecule has 1 heterocycles. The Bertz CT molecular complexity index is 630. The zero-order chi connectivity index (χ0) is 14.5. The molecular formula is C14H17ClN4O. The number of aliphatic imine (C=N–C) groups is 1. The largest absolute Gasteiger partial charge is 0.396 e. The van der Waals surface area contributed by atoms with Gasteiger partial charge in [0.2, 0.25) is 5.95 Å². The summed E-state index contributed by atoms with van der Waals surface area (Å²) in [5.41, 5.74) is 6.27. The molecule has 0 amide bonds. The minimum atomic E-state index is 0.0189. The number of rotatable bonds is 5. The van der Waals surface area contributed by atoms with E-state index in [9.17, 15) is 5.11 Å². The molecule has 20 heavy (non-hydrogen) atoms. The summed E-state index contributed by atoms with van der Waals surface area (Å²) in [4.78, 5) is 12.6. The van der Waals surface area contributed by atoms with Crippen LogP contribution in [0.25, 0.3) is 10.9 Å². The van der Waals surface area contributed by atoms with Gasteiger partial charge in [-0.25, -0.2) is 9.98 Å². The SMILES string of the molecule is CCC[C@H](/C=N\c1nc(N)nc2c(Cl)cccc12)CO. The highest BCUT2D eigenvalue weighted by Gasteiger charge is 2.09. The predicted octanol–water partition coefficient (Wildman–Crippen LogP) is 2.98. The Morgan fingerprint density at radius 2 is 2.25 bits per heavy atom. The second-order valence-electron chi connectivity index (χ2n) is 4.55. The number of hydrogen-bond acceptors (Lipinski definition) is 5. The maximum absolute atomic E-state index is 9.28. The third kappa shape index (κ3) is 3.23. The molecule has 0 radical (unpaired) electrons. The predicted molar refractivity (Wildman–Crippen MR) is 82.6 cm³/mol. The maximum Gasteiger partial charge on any atom is 0.222 e. The minimum absolute atomic E-state index is 0.0189. The average molecular weight is 293 g/mol. The monoisotopic (exact) mass is 292 g/mol. The molecule has 0 aliphatic carbocycles. The number of nitrogens with two attached hydrogens (primary N) is 1. The van der Waals surface area contributed by atoms with Gasteiger partial charge in [-0.05, 0) is 18.6 Å². The van der Waals surface area contributed by atoms with Crippen molar-refractivity contribution in [1.82, 2.24) is 9.97 Å². The van der Waals surface area contributed by atoms with Crippen molar-refractivity contribution in [2.45, 2.75) is 19.8 Å². The molecule has 0 unspecified atom stereocenters. The van der Waals surface area contributed by atoms with Crippen molar-refractivity contribution in [3.05, 3.63) is 23.2 Å². The van der Waals surface area contributed by atoms with E-state index in [0.717, 1.165) is 18.2 Å². The molecule has 1 atom stereocenters. The van der Waals surface area contributed by atoms with E-state index in [2.05, 4.69) is 21.9 Å². The molecule has 0 spiro atoms. The van der Waals surface area contributed by atoms with Crippen LogP contribution in [0.15, 0.2) is 23.2 Å². The Morgan fingerprint density at radius 1 is 1.45 bits per heavy atom. The van der Waals surface area contributed by atoms with Gasteiger partial charge in [-0.1, -0.05) is 31.0 Å². The smallest absolute Gasteiger partial charge is 0.222 e.